The standard InChI is InChI=1S/C25H17FN2O3/c26-16-10-11-22-18(12-16)24(29)19(14-30-22)25-28-21(17-8-4-5-9-23(17)31-25)13-20(27-28)15-6-2-1-3-7-15/h1-12,14,21,25H,13H2/t21-,25+/m0/s1. The second-order valence-corrected chi connectivity index (χ2v) is 7.68. The second-order valence-electron chi connectivity index (χ2n) is 7.68. The van der Waals surface area contributed by atoms with Crippen molar-refractivity contribution in [3.8, 4) is 5.75 Å². The first-order valence-electron chi connectivity index (χ1n) is 10.1. The SMILES string of the molecule is O=c1c([C@H]2Oc3ccccc3[C@@H]3CC(c4ccccc4)=NN23)coc2ccc(F)cc12. The molecule has 0 amide bonds. The van der Waals surface area contributed by atoms with E-state index < -0.39 is 12.0 Å². The lowest BCUT2D eigenvalue weighted by atomic mass is 9.96. The molecule has 0 saturated heterocycles. The summed E-state index contributed by atoms with van der Waals surface area (Å²) in [5, 5.41) is 6.85. The molecule has 2 aliphatic heterocycles. The topological polar surface area (TPSA) is 55.0 Å². The molecule has 0 radical (unpaired) electrons. The molecular formula is C25H17FN2O3. The van der Waals surface area contributed by atoms with Crippen molar-refractivity contribution >= 4 is 16.7 Å². The Kier molecular flexibility index (Phi) is 3.93. The molecule has 6 heteroatoms. The van der Waals surface area contributed by atoms with Crippen molar-refractivity contribution in [2.24, 2.45) is 5.10 Å². The van der Waals surface area contributed by atoms with Crippen LogP contribution in [0.4, 0.5) is 4.39 Å². The third-order valence-electron chi connectivity index (χ3n) is 5.83. The van der Waals surface area contributed by atoms with Crippen LogP contribution in [-0.4, -0.2) is 10.7 Å². The Labute approximate surface area is 177 Å². The fourth-order valence-electron chi connectivity index (χ4n) is 4.33. The highest BCUT2D eigenvalue weighted by atomic mass is 19.1. The summed E-state index contributed by atoms with van der Waals surface area (Å²) in [5.41, 5.74) is 3.26. The summed E-state index contributed by atoms with van der Waals surface area (Å²) in [6.07, 6.45) is 1.31. The van der Waals surface area contributed by atoms with Crippen LogP contribution in [0.2, 0.25) is 0 Å². The Hall–Kier alpha value is -3.93. The average Bonchev–Trinajstić information content (AvgIpc) is 3.26. The minimum atomic E-state index is -0.773. The number of hydrogen-bond donors (Lipinski definition) is 0. The molecule has 2 aliphatic rings. The van der Waals surface area contributed by atoms with Gasteiger partial charge in [-0.1, -0.05) is 48.5 Å². The maximum atomic E-state index is 13.8. The van der Waals surface area contributed by atoms with E-state index in [1.54, 1.807) is 0 Å². The number of halogens is 1. The molecule has 4 aromatic rings. The normalized spacial score (nSPS) is 19.5. The van der Waals surface area contributed by atoms with Crippen LogP contribution in [0.15, 0.2) is 93.4 Å². The maximum Gasteiger partial charge on any atom is 0.220 e. The zero-order valence-electron chi connectivity index (χ0n) is 16.4. The van der Waals surface area contributed by atoms with E-state index in [1.807, 2.05) is 59.6 Å². The summed E-state index contributed by atoms with van der Waals surface area (Å²) in [6.45, 7) is 0. The van der Waals surface area contributed by atoms with Crippen LogP contribution >= 0.6 is 0 Å². The first kappa shape index (κ1) is 17.9. The van der Waals surface area contributed by atoms with Gasteiger partial charge in [0, 0.05) is 12.0 Å². The molecule has 3 heterocycles. The fraction of sp³-hybridized carbons (Fsp3) is 0.120. The molecule has 2 atom stereocenters. The summed E-state index contributed by atoms with van der Waals surface area (Å²) >= 11 is 0. The molecule has 5 nitrogen and oxygen atoms in total. The Morgan fingerprint density at radius 1 is 0.968 bits per heavy atom. The van der Waals surface area contributed by atoms with Gasteiger partial charge in [0.1, 0.15) is 23.4 Å². The van der Waals surface area contributed by atoms with Crippen molar-refractivity contribution in [2.75, 3.05) is 0 Å². The van der Waals surface area contributed by atoms with E-state index in [0.717, 1.165) is 16.8 Å². The number of benzene rings is 3. The smallest absolute Gasteiger partial charge is 0.220 e. The third kappa shape index (κ3) is 2.83. The van der Waals surface area contributed by atoms with Gasteiger partial charge in [-0.05, 0) is 29.8 Å². The van der Waals surface area contributed by atoms with E-state index in [1.165, 1.54) is 24.5 Å². The van der Waals surface area contributed by atoms with E-state index in [2.05, 4.69) is 0 Å². The predicted molar refractivity (Wildman–Crippen MR) is 114 cm³/mol. The van der Waals surface area contributed by atoms with Gasteiger partial charge >= 0.3 is 0 Å². The summed E-state index contributed by atoms with van der Waals surface area (Å²) in [6, 6.07) is 21.6. The van der Waals surface area contributed by atoms with Crippen molar-refractivity contribution in [3.63, 3.8) is 0 Å². The Balaban J connectivity index is 1.52. The summed E-state index contributed by atoms with van der Waals surface area (Å²) in [7, 11) is 0. The summed E-state index contributed by atoms with van der Waals surface area (Å²) < 4.78 is 25.7. The van der Waals surface area contributed by atoms with E-state index in [-0.39, 0.29) is 22.4 Å². The molecular weight excluding hydrogens is 395 g/mol. The third-order valence-corrected chi connectivity index (χ3v) is 5.83. The Morgan fingerprint density at radius 3 is 2.65 bits per heavy atom. The highest BCUT2D eigenvalue weighted by molar-refractivity contribution is 6.01. The van der Waals surface area contributed by atoms with Gasteiger partial charge in [0.25, 0.3) is 0 Å². The molecule has 0 N–H and O–H groups in total. The van der Waals surface area contributed by atoms with Gasteiger partial charge in [-0.2, -0.15) is 5.10 Å². The largest absolute Gasteiger partial charge is 0.464 e. The summed E-state index contributed by atoms with van der Waals surface area (Å²) in [5.74, 6) is 0.215. The zero-order valence-corrected chi connectivity index (χ0v) is 16.4. The van der Waals surface area contributed by atoms with Crippen molar-refractivity contribution in [1.82, 2.24) is 5.01 Å². The van der Waals surface area contributed by atoms with Gasteiger partial charge in [0.15, 0.2) is 0 Å². The first-order chi connectivity index (χ1) is 15.2. The molecule has 1 aromatic heterocycles. The van der Waals surface area contributed by atoms with Gasteiger partial charge in [0.2, 0.25) is 11.7 Å². The molecule has 152 valence electrons. The monoisotopic (exact) mass is 412 g/mol. The minimum absolute atomic E-state index is 0.0761. The lowest BCUT2D eigenvalue weighted by molar-refractivity contribution is -0.0205. The van der Waals surface area contributed by atoms with Crippen LogP contribution in [0.1, 0.15) is 35.4 Å². The first-order valence-corrected chi connectivity index (χ1v) is 10.1. The van der Waals surface area contributed by atoms with Gasteiger partial charge in [-0.25, -0.2) is 9.40 Å². The number of rotatable bonds is 2. The Bertz CT molecular complexity index is 1400. The number of hydrazone groups is 1. The van der Waals surface area contributed by atoms with Crippen molar-refractivity contribution in [1.29, 1.82) is 0 Å². The van der Waals surface area contributed by atoms with Crippen LogP contribution in [0.5, 0.6) is 5.75 Å². The molecule has 0 bridgehead atoms. The highest BCUT2D eigenvalue weighted by Crippen LogP contribution is 2.47. The molecule has 0 spiro atoms. The highest BCUT2D eigenvalue weighted by Gasteiger charge is 2.42. The maximum absolute atomic E-state index is 13.8. The lowest BCUT2D eigenvalue weighted by Crippen LogP contribution is -2.36. The number of fused-ring (bicyclic) bond motifs is 4. The number of para-hydroxylation sites is 1. The van der Waals surface area contributed by atoms with Crippen LogP contribution in [-0.2, 0) is 0 Å². The van der Waals surface area contributed by atoms with Crippen LogP contribution in [0.25, 0.3) is 11.0 Å². The van der Waals surface area contributed by atoms with Gasteiger partial charge < -0.3 is 9.15 Å². The van der Waals surface area contributed by atoms with E-state index >= 15 is 0 Å². The molecule has 31 heavy (non-hydrogen) atoms. The lowest BCUT2D eigenvalue weighted by Gasteiger charge is -2.37. The van der Waals surface area contributed by atoms with Gasteiger partial charge in [-0.15, -0.1) is 0 Å². The van der Waals surface area contributed by atoms with Crippen molar-refractivity contribution in [2.45, 2.75) is 18.7 Å². The number of ether oxygens (including phenoxy) is 1. The molecule has 0 saturated carbocycles. The van der Waals surface area contributed by atoms with Gasteiger partial charge in [-0.3, -0.25) is 4.79 Å². The zero-order chi connectivity index (χ0) is 20.9. The quantitative estimate of drug-likeness (QED) is 0.456. The van der Waals surface area contributed by atoms with Gasteiger partial charge in [0.05, 0.1) is 22.7 Å². The molecule has 0 unspecified atom stereocenters. The second kappa shape index (κ2) is 6.80. The van der Waals surface area contributed by atoms with E-state index in [0.29, 0.717) is 17.8 Å². The molecule has 6 rings (SSSR count). The van der Waals surface area contributed by atoms with Crippen LogP contribution in [0, 0.1) is 5.82 Å². The molecule has 3 aromatic carbocycles. The van der Waals surface area contributed by atoms with Crippen LogP contribution in [0.3, 0.4) is 0 Å². The average molecular weight is 412 g/mol. The molecule has 0 aliphatic carbocycles. The number of nitrogens with zero attached hydrogens (tertiary/aromatic N) is 2. The number of hydrogen-bond acceptors (Lipinski definition) is 5. The minimum Gasteiger partial charge on any atom is -0.464 e. The van der Waals surface area contributed by atoms with Crippen LogP contribution < -0.4 is 10.2 Å². The predicted octanol–water partition coefficient (Wildman–Crippen LogP) is 5.17. The summed E-state index contributed by atoms with van der Waals surface area (Å²) in [4.78, 5) is 13.3. The van der Waals surface area contributed by atoms with E-state index in [9.17, 15) is 9.18 Å². The van der Waals surface area contributed by atoms with Crippen molar-refractivity contribution < 1.29 is 13.5 Å². The molecule has 0 fully saturated rings. The fourth-order valence-corrected chi connectivity index (χ4v) is 4.33. The van der Waals surface area contributed by atoms with Crippen molar-refractivity contribution in [3.05, 3.63) is 112 Å². The Morgan fingerprint density at radius 2 is 1.77 bits per heavy atom. The van der Waals surface area contributed by atoms with E-state index in [4.69, 9.17) is 14.3 Å².